The molecule has 0 amide bonds. The molecule has 144 valence electrons. The fraction of sp³-hybridized carbons (Fsp3) is 0.0870. The van der Waals surface area contributed by atoms with Gasteiger partial charge in [-0.1, -0.05) is 37.3 Å². The second kappa shape index (κ2) is 8.24. The quantitative estimate of drug-likeness (QED) is 0.419. The molecule has 0 aliphatic heterocycles. The van der Waals surface area contributed by atoms with E-state index in [4.69, 9.17) is 5.11 Å². The lowest BCUT2D eigenvalue weighted by molar-refractivity contribution is -0.131. The van der Waals surface area contributed by atoms with Crippen LogP contribution < -0.4 is 0 Å². The molecule has 2 aromatic heterocycles. The number of hydrogen-bond acceptors (Lipinski definition) is 4. The normalized spacial score (nSPS) is 12.4. The first-order valence-corrected chi connectivity index (χ1v) is 10.1. The van der Waals surface area contributed by atoms with E-state index in [1.807, 2.05) is 42.7 Å². The Labute approximate surface area is 172 Å². The van der Waals surface area contributed by atoms with Crippen molar-refractivity contribution in [3.8, 4) is 0 Å². The fourth-order valence-corrected chi connectivity index (χ4v) is 3.97. The van der Waals surface area contributed by atoms with E-state index in [0.29, 0.717) is 0 Å². The standard InChI is InChI=1S/C23H19N3O2S/c1-2-20(19-13-25-29-14-19)23(17-8-9-21-18(11-17)12-24-26-21)16-6-3-15(4-7-16)5-10-22(27)28/h3-14H,2H2,1H3,(H,24,26)(H,27,28). The molecule has 0 spiro atoms. The number of aliphatic carboxylic acids is 1. The molecule has 0 bridgehead atoms. The summed E-state index contributed by atoms with van der Waals surface area (Å²) >= 11 is 1.44. The minimum Gasteiger partial charge on any atom is -0.478 e. The van der Waals surface area contributed by atoms with E-state index < -0.39 is 5.97 Å². The maximum atomic E-state index is 10.8. The third kappa shape index (κ3) is 4.02. The molecule has 0 unspecified atom stereocenters. The molecular formula is C23H19N3O2S. The van der Waals surface area contributed by atoms with Gasteiger partial charge in [-0.05, 0) is 64.0 Å². The van der Waals surface area contributed by atoms with Crippen LogP contribution in [-0.4, -0.2) is 25.6 Å². The van der Waals surface area contributed by atoms with Crippen molar-refractivity contribution in [3.05, 3.63) is 88.6 Å². The van der Waals surface area contributed by atoms with Crippen LogP contribution in [-0.2, 0) is 4.79 Å². The number of nitrogens with one attached hydrogen (secondary N) is 1. The van der Waals surface area contributed by atoms with E-state index in [9.17, 15) is 4.79 Å². The van der Waals surface area contributed by atoms with Crippen LogP contribution in [0.2, 0.25) is 0 Å². The average molecular weight is 401 g/mol. The molecule has 4 rings (SSSR count). The van der Waals surface area contributed by atoms with E-state index in [0.717, 1.165) is 51.2 Å². The first kappa shape index (κ1) is 18.8. The number of carboxylic acids is 1. The van der Waals surface area contributed by atoms with Gasteiger partial charge in [0, 0.05) is 28.6 Å². The fourth-order valence-electron chi connectivity index (χ4n) is 3.42. The lowest BCUT2D eigenvalue weighted by Crippen LogP contribution is -1.94. The Morgan fingerprint density at radius 3 is 2.59 bits per heavy atom. The molecule has 2 N–H and O–H groups in total. The molecule has 6 heteroatoms. The van der Waals surface area contributed by atoms with Gasteiger partial charge in [0.1, 0.15) is 0 Å². The third-order valence-corrected chi connectivity index (χ3v) is 5.37. The number of nitrogens with zero attached hydrogens (tertiary/aromatic N) is 2. The van der Waals surface area contributed by atoms with Gasteiger partial charge in [0.15, 0.2) is 0 Å². The van der Waals surface area contributed by atoms with Gasteiger partial charge >= 0.3 is 5.97 Å². The Bertz CT molecular complexity index is 1200. The van der Waals surface area contributed by atoms with Crippen molar-refractivity contribution in [2.24, 2.45) is 0 Å². The monoisotopic (exact) mass is 401 g/mol. The Morgan fingerprint density at radius 2 is 1.90 bits per heavy atom. The van der Waals surface area contributed by atoms with Gasteiger partial charge in [0.25, 0.3) is 0 Å². The Balaban J connectivity index is 1.87. The van der Waals surface area contributed by atoms with Crippen LogP contribution in [0.4, 0.5) is 0 Å². The maximum Gasteiger partial charge on any atom is 0.328 e. The molecule has 0 atom stereocenters. The molecule has 0 saturated heterocycles. The second-order valence-electron chi connectivity index (χ2n) is 6.59. The predicted octanol–water partition coefficient (Wildman–Crippen LogP) is 5.49. The minimum atomic E-state index is -0.957. The molecule has 0 aliphatic rings. The van der Waals surface area contributed by atoms with Crippen molar-refractivity contribution < 1.29 is 9.90 Å². The first-order chi connectivity index (χ1) is 14.2. The molecule has 0 radical (unpaired) electrons. The molecule has 0 aliphatic carbocycles. The van der Waals surface area contributed by atoms with Crippen molar-refractivity contribution in [2.45, 2.75) is 13.3 Å². The average Bonchev–Trinajstić information content (AvgIpc) is 3.42. The summed E-state index contributed by atoms with van der Waals surface area (Å²) in [6.07, 6.45) is 7.33. The summed E-state index contributed by atoms with van der Waals surface area (Å²) in [6, 6.07) is 14.2. The van der Waals surface area contributed by atoms with Gasteiger partial charge < -0.3 is 5.11 Å². The third-order valence-electron chi connectivity index (χ3n) is 4.78. The van der Waals surface area contributed by atoms with E-state index in [-0.39, 0.29) is 0 Å². The molecule has 0 fully saturated rings. The number of carbonyl (C=O) groups is 1. The summed E-state index contributed by atoms with van der Waals surface area (Å²) in [5.41, 5.74) is 7.50. The first-order valence-electron chi connectivity index (χ1n) is 9.23. The Kier molecular flexibility index (Phi) is 5.35. The summed E-state index contributed by atoms with van der Waals surface area (Å²) in [4.78, 5) is 10.8. The van der Waals surface area contributed by atoms with Crippen LogP contribution >= 0.6 is 11.5 Å². The van der Waals surface area contributed by atoms with E-state index in [2.05, 4.69) is 39.0 Å². The number of allylic oxidation sites excluding steroid dienone is 1. The van der Waals surface area contributed by atoms with Crippen molar-refractivity contribution in [1.29, 1.82) is 0 Å². The summed E-state index contributed by atoms with van der Waals surface area (Å²) in [5, 5.41) is 19.1. The van der Waals surface area contributed by atoms with Gasteiger partial charge in [-0.3, -0.25) is 5.10 Å². The van der Waals surface area contributed by atoms with Gasteiger partial charge in [-0.2, -0.15) is 5.10 Å². The highest BCUT2D eigenvalue weighted by Crippen LogP contribution is 2.35. The molecular weight excluding hydrogens is 382 g/mol. The second-order valence-corrected chi connectivity index (χ2v) is 7.24. The number of H-pyrrole nitrogens is 1. The number of aromatic nitrogens is 3. The zero-order valence-electron chi connectivity index (χ0n) is 15.8. The van der Waals surface area contributed by atoms with E-state index in [1.165, 1.54) is 17.1 Å². The highest BCUT2D eigenvalue weighted by atomic mass is 32.1. The van der Waals surface area contributed by atoms with E-state index in [1.54, 1.807) is 6.08 Å². The summed E-state index contributed by atoms with van der Waals surface area (Å²) in [5.74, 6) is -0.957. The number of aromatic amines is 1. The molecule has 4 aromatic rings. The van der Waals surface area contributed by atoms with Crippen LogP contribution in [0.25, 0.3) is 28.1 Å². The lowest BCUT2D eigenvalue weighted by atomic mass is 9.88. The number of rotatable bonds is 6. The van der Waals surface area contributed by atoms with Crippen LogP contribution in [0.5, 0.6) is 0 Å². The SMILES string of the molecule is CCC(=C(c1ccc(C=CC(=O)O)cc1)c1ccc2[nH]ncc2c1)c1cnsc1. The number of carboxylic acid groups (broad SMARTS) is 1. The van der Waals surface area contributed by atoms with Crippen molar-refractivity contribution >= 4 is 45.6 Å². The van der Waals surface area contributed by atoms with Gasteiger partial charge in [-0.25, -0.2) is 9.17 Å². The van der Waals surface area contributed by atoms with Gasteiger partial charge in [0.2, 0.25) is 0 Å². The number of fused-ring (bicyclic) bond motifs is 1. The number of hydrogen-bond donors (Lipinski definition) is 2. The largest absolute Gasteiger partial charge is 0.478 e. The minimum absolute atomic E-state index is 0.844. The topological polar surface area (TPSA) is 78.9 Å². The van der Waals surface area contributed by atoms with Crippen LogP contribution in [0, 0.1) is 0 Å². The van der Waals surface area contributed by atoms with Gasteiger partial charge in [0.05, 0.1) is 11.7 Å². The summed E-state index contributed by atoms with van der Waals surface area (Å²) in [6.45, 7) is 2.15. The van der Waals surface area contributed by atoms with Gasteiger partial charge in [-0.15, -0.1) is 0 Å². The Morgan fingerprint density at radius 1 is 1.10 bits per heavy atom. The van der Waals surface area contributed by atoms with Crippen LogP contribution in [0.3, 0.4) is 0 Å². The maximum absolute atomic E-state index is 10.8. The van der Waals surface area contributed by atoms with Crippen molar-refractivity contribution in [2.75, 3.05) is 0 Å². The highest BCUT2D eigenvalue weighted by molar-refractivity contribution is 7.03. The smallest absolute Gasteiger partial charge is 0.328 e. The molecule has 29 heavy (non-hydrogen) atoms. The summed E-state index contributed by atoms with van der Waals surface area (Å²) < 4.78 is 4.29. The molecule has 5 nitrogen and oxygen atoms in total. The molecule has 0 saturated carbocycles. The van der Waals surface area contributed by atoms with Crippen LogP contribution in [0.1, 0.15) is 35.6 Å². The van der Waals surface area contributed by atoms with Crippen molar-refractivity contribution in [1.82, 2.24) is 14.6 Å². The molecule has 2 heterocycles. The predicted molar refractivity (Wildman–Crippen MR) is 118 cm³/mol. The van der Waals surface area contributed by atoms with Crippen LogP contribution in [0.15, 0.2) is 66.3 Å². The number of benzene rings is 2. The lowest BCUT2D eigenvalue weighted by Gasteiger charge is -2.15. The summed E-state index contributed by atoms with van der Waals surface area (Å²) in [7, 11) is 0. The zero-order valence-corrected chi connectivity index (χ0v) is 16.6. The zero-order chi connectivity index (χ0) is 20.2. The van der Waals surface area contributed by atoms with Crippen molar-refractivity contribution in [3.63, 3.8) is 0 Å². The Hall–Kier alpha value is -3.51. The highest BCUT2D eigenvalue weighted by Gasteiger charge is 2.14. The molecule has 2 aromatic carbocycles. The van der Waals surface area contributed by atoms with E-state index >= 15 is 0 Å².